The monoisotopic (exact) mass is 349 g/mol. The van der Waals surface area contributed by atoms with Crippen LogP contribution in [0.15, 0.2) is 41.2 Å². The first-order valence-corrected chi connectivity index (χ1v) is 9.51. The van der Waals surface area contributed by atoms with Gasteiger partial charge < -0.3 is 15.2 Å². The minimum absolute atomic E-state index is 0.0731. The summed E-state index contributed by atoms with van der Waals surface area (Å²) in [5, 5.41) is 6.52. The predicted molar refractivity (Wildman–Crippen MR) is 99.5 cm³/mol. The molecule has 5 rings (SSSR count). The van der Waals surface area contributed by atoms with Crippen LogP contribution in [0.25, 0.3) is 0 Å². The van der Waals surface area contributed by atoms with Gasteiger partial charge in [0.15, 0.2) is 0 Å². The van der Waals surface area contributed by atoms with Crippen molar-refractivity contribution in [2.75, 3.05) is 13.1 Å². The van der Waals surface area contributed by atoms with Crippen LogP contribution in [-0.4, -0.2) is 29.6 Å². The molecule has 3 aliphatic rings. The van der Waals surface area contributed by atoms with Gasteiger partial charge in [-0.3, -0.25) is 9.59 Å². The predicted octanol–water partition coefficient (Wildman–Crippen LogP) is 1.45. The van der Waals surface area contributed by atoms with Gasteiger partial charge in [-0.25, -0.2) is 0 Å². The maximum absolute atomic E-state index is 13.0. The third-order valence-electron chi connectivity index (χ3n) is 6.14. The molecular formula is C21H23N3O2. The first kappa shape index (κ1) is 15.8. The van der Waals surface area contributed by atoms with E-state index in [0.717, 1.165) is 38.0 Å². The molecule has 1 aromatic carbocycles. The highest BCUT2D eigenvalue weighted by Gasteiger charge is 2.32. The summed E-state index contributed by atoms with van der Waals surface area (Å²) in [5.41, 5.74) is 3.80. The van der Waals surface area contributed by atoms with E-state index in [-0.39, 0.29) is 23.1 Å². The average Bonchev–Trinajstić information content (AvgIpc) is 3.05. The van der Waals surface area contributed by atoms with Crippen LogP contribution in [0.1, 0.15) is 39.5 Å². The standard InChI is InChI=1S/C21H23N3O2/c25-20(23-17-8-14-3-1-2-4-15(14)9-17)18-5-6-19-16-7-13(10-22-11-16)12-24(19)21(18)26/h1-6,13,16-17,22H,7-12H2,(H,23,25)/t13-,16+/m0/s1. The van der Waals surface area contributed by atoms with Gasteiger partial charge in [0.25, 0.3) is 11.5 Å². The summed E-state index contributed by atoms with van der Waals surface area (Å²) in [7, 11) is 0. The van der Waals surface area contributed by atoms with Gasteiger partial charge in [-0.1, -0.05) is 24.3 Å². The van der Waals surface area contributed by atoms with E-state index >= 15 is 0 Å². The fourth-order valence-electron chi connectivity index (χ4n) is 4.89. The molecule has 1 fully saturated rings. The third-order valence-corrected chi connectivity index (χ3v) is 6.14. The third kappa shape index (κ3) is 2.58. The Labute approximate surface area is 152 Å². The maximum Gasteiger partial charge on any atom is 0.263 e. The van der Waals surface area contributed by atoms with Crippen LogP contribution in [0.5, 0.6) is 0 Å². The summed E-state index contributed by atoms with van der Waals surface area (Å²) in [6, 6.07) is 12.1. The number of benzene rings is 1. The number of amides is 1. The number of hydrogen-bond acceptors (Lipinski definition) is 3. The molecule has 0 radical (unpaired) electrons. The van der Waals surface area contributed by atoms with E-state index in [0.29, 0.717) is 18.4 Å². The van der Waals surface area contributed by atoms with Crippen molar-refractivity contribution in [2.24, 2.45) is 5.92 Å². The first-order chi connectivity index (χ1) is 12.7. The molecule has 5 heteroatoms. The van der Waals surface area contributed by atoms with Crippen molar-refractivity contribution in [1.29, 1.82) is 0 Å². The zero-order valence-corrected chi connectivity index (χ0v) is 14.7. The Morgan fingerprint density at radius 2 is 1.85 bits per heavy atom. The molecule has 1 aromatic heterocycles. The van der Waals surface area contributed by atoms with E-state index in [1.807, 2.05) is 22.8 Å². The van der Waals surface area contributed by atoms with Crippen molar-refractivity contribution in [1.82, 2.24) is 15.2 Å². The second-order valence-electron chi connectivity index (χ2n) is 7.89. The van der Waals surface area contributed by atoms with Crippen molar-refractivity contribution in [3.63, 3.8) is 0 Å². The van der Waals surface area contributed by atoms with E-state index in [1.54, 1.807) is 6.07 Å². The number of carbonyl (C=O) groups excluding carboxylic acids is 1. The van der Waals surface area contributed by atoms with Gasteiger partial charge in [-0.05, 0) is 55.0 Å². The number of nitrogens with one attached hydrogen (secondary N) is 2. The number of pyridine rings is 1. The fraction of sp³-hybridized carbons (Fsp3) is 0.429. The molecule has 134 valence electrons. The van der Waals surface area contributed by atoms with Gasteiger partial charge in [0.05, 0.1) is 0 Å². The van der Waals surface area contributed by atoms with Gasteiger partial charge in [-0.15, -0.1) is 0 Å². The molecule has 0 spiro atoms. The molecule has 5 nitrogen and oxygen atoms in total. The quantitative estimate of drug-likeness (QED) is 0.863. The second kappa shape index (κ2) is 6.09. The largest absolute Gasteiger partial charge is 0.348 e. The van der Waals surface area contributed by atoms with E-state index in [4.69, 9.17) is 0 Å². The smallest absolute Gasteiger partial charge is 0.263 e. The zero-order valence-electron chi connectivity index (χ0n) is 14.7. The molecule has 1 aliphatic carbocycles. The van der Waals surface area contributed by atoms with Crippen LogP contribution in [0.2, 0.25) is 0 Å². The Bertz CT molecular complexity index is 908. The van der Waals surface area contributed by atoms with Crippen molar-refractivity contribution >= 4 is 5.91 Å². The highest BCUT2D eigenvalue weighted by molar-refractivity contribution is 5.94. The molecular weight excluding hydrogens is 326 g/mol. The van der Waals surface area contributed by atoms with Crippen LogP contribution >= 0.6 is 0 Å². The van der Waals surface area contributed by atoms with E-state index in [9.17, 15) is 9.59 Å². The zero-order chi connectivity index (χ0) is 17.7. The molecule has 2 aliphatic heterocycles. The topological polar surface area (TPSA) is 63.1 Å². The van der Waals surface area contributed by atoms with E-state index < -0.39 is 0 Å². The number of nitrogens with zero attached hydrogens (tertiary/aromatic N) is 1. The molecule has 0 saturated carbocycles. The average molecular weight is 349 g/mol. The lowest BCUT2D eigenvalue weighted by Crippen LogP contribution is -2.46. The number of carbonyl (C=O) groups is 1. The minimum atomic E-state index is -0.239. The molecule has 1 saturated heterocycles. The fourth-order valence-corrected chi connectivity index (χ4v) is 4.89. The van der Waals surface area contributed by atoms with Crippen LogP contribution < -0.4 is 16.2 Å². The Hall–Kier alpha value is -2.40. The highest BCUT2D eigenvalue weighted by atomic mass is 16.2. The highest BCUT2D eigenvalue weighted by Crippen LogP contribution is 2.31. The van der Waals surface area contributed by atoms with Crippen molar-refractivity contribution in [3.8, 4) is 0 Å². The molecule has 2 N–H and O–H groups in total. The Kier molecular flexibility index (Phi) is 3.71. The molecule has 2 bridgehead atoms. The normalized spacial score (nSPS) is 24.0. The van der Waals surface area contributed by atoms with Crippen molar-refractivity contribution in [2.45, 2.75) is 37.8 Å². The summed E-state index contributed by atoms with van der Waals surface area (Å²) in [4.78, 5) is 25.7. The lowest BCUT2D eigenvalue weighted by Gasteiger charge is -2.37. The van der Waals surface area contributed by atoms with Crippen molar-refractivity contribution in [3.05, 3.63) is 69.1 Å². The van der Waals surface area contributed by atoms with Gasteiger partial charge in [0.2, 0.25) is 0 Å². The Morgan fingerprint density at radius 3 is 2.62 bits per heavy atom. The summed E-state index contributed by atoms with van der Waals surface area (Å²) < 4.78 is 1.85. The lowest BCUT2D eigenvalue weighted by molar-refractivity contribution is 0.0935. The van der Waals surface area contributed by atoms with Crippen LogP contribution in [-0.2, 0) is 19.4 Å². The number of aromatic nitrogens is 1. The first-order valence-electron chi connectivity index (χ1n) is 9.51. The SMILES string of the molecule is O=C(NC1Cc2ccccc2C1)c1ccc2n(c1=O)C[C@@H]1CNC[C@H]2C1. The van der Waals surface area contributed by atoms with Crippen LogP contribution in [0.3, 0.4) is 0 Å². The molecule has 3 heterocycles. The van der Waals surface area contributed by atoms with Gasteiger partial charge in [0, 0.05) is 30.7 Å². The molecule has 1 amide bonds. The number of fused-ring (bicyclic) bond motifs is 5. The second-order valence-corrected chi connectivity index (χ2v) is 7.89. The summed E-state index contributed by atoms with van der Waals surface area (Å²) in [5.74, 6) is 0.634. The minimum Gasteiger partial charge on any atom is -0.348 e. The van der Waals surface area contributed by atoms with Gasteiger partial charge in [0.1, 0.15) is 5.56 Å². The Balaban J connectivity index is 1.38. The van der Waals surface area contributed by atoms with Gasteiger partial charge >= 0.3 is 0 Å². The molecule has 0 unspecified atom stereocenters. The lowest BCUT2D eigenvalue weighted by atomic mass is 9.84. The van der Waals surface area contributed by atoms with Gasteiger partial charge in [-0.2, -0.15) is 0 Å². The molecule has 2 aromatic rings. The number of hydrogen-bond donors (Lipinski definition) is 2. The number of rotatable bonds is 2. The maximum atomic E-state index is 13.0. The van der Waals surface area contributed by atoms with Crippen LogP contribution in [0, 0.1) is 5.92 Å². The van der Waals surface area contributed by atoms with E-state index in [2.05, 4.69) is 22.8 Å². The van der Waals surface area contributed by atoms with Crippen molar-refractivity contribution < 1.29 is 4.79 Å². The Morgan fingerprint density at radius 1 is 1.08 bits per heavy atom. The summed E-state index contributed by atoms with van der Waals surface area (Å²) in [6.45, 7) is 2.59. The van der Waals surface area contributed by atoms with E-state index in [1.165, 1.54) is 11.1 Å². The summed E-state index contributed by atoms with van der Waals surface area (Å²) in [6.07, 6.45) is 2.81. The molecule has 2 atom stereocenters. The molecule has 26 heavy (non-hydrogen) atoms. The number of piperidine rings is 1. The summed E-state index contributed by atoms with van der Waals surface area (Å²) >= 11 is 0. The van der Waals surface area contributed by atoms with Crippen LogP contribution in [0.4, 0.5) is 0 Å².